The Balaban J connectivity index is 2.33. The largest absolute Gasteiger partial charge is 0.478 e. The molecule has 1 aliphatic rings. The minimum atomic E-state index is -0.931. The Bertz CT molecular complexity index is 433. The average molecular weight is 272 g/mol. The van der Waals surface area contributed by atoms with Crippen LogP contribution in [0.5, 0.6) is 0 Å². The predicted octanol–water partition coefficient (Wildman–Crippen LogP) is 2.98. The van der Waals surface area contributed by atoms with E-state index in [1.807, 2.05) is 18.8 Å². The van der Waals surface area contributed by atoms with Gasteiger partial charge in [-0.25, -0.2) is 4.79 Å². The first-order valence-corrected chi connectivity index (χ1v) is 6.96. The molecule has 1 heterocycles. The van der Waals surface area contributed by atoms with Gasteiger partial charge >= 0.3 is 5.97 Å². The topological polar surface area (TPSA) is 40.5 Å². The highest BCUT2D eigenvalue weighted by molar-refractivity contribution is 7.99. The minimum Gasteiger partial charge on any atom is -0.478 e. The Kier molecular flexibility index (Phi) is 3.84. The molecular formula is C12H14ClNO2S. The molecule has 0 aromatic heterocycles. The maximum absolute atomic E-state index is 11.2. The van der Waals surface area contributed by atoms with Gasteiger partial charge in [0, 0.05) is 23.9 Å². The van der Waals surface area contributed by atoms with Crippen LogP contribution in [-0.4, -0.2) is 35.7 Å². The number of hydrogen-bond donors (Lipinski definition) is 1. The Morgan fingerprint density at radius 2 is 2.35 bits per heavy atom. The molecule has 1 unspecified atom stereocenters. The van der Waals surface area contributed by atoms with Gasteiger partial charge in [-0.2, -0.15) is 11.8 Å². The molecule has 92 valence electrons. The van der Waals surface area contributed by atoms with Crippen molar-refractivity contribution in [1.29, 1.82) is 0 Å². The number of carbonyl (C=O) groups is 1. The molecule has 2 rings (SSSR count). The number of carboxylic acids is 1. The number of carboxylic acid groups (broad SMARTS) is 1. The standard InChI is InChI=1S/C12H14ClNO2S/c1-14(9-4-5-17-7-9)11-3-2-8(13)6-10(11)12(15)16/h2-3,6,9H,4-5,7H2,1H3,(H,15,16). The third kappa shape index (κ3) is 2.69. The predicted molar refractivity (Wildman–Crippen MR) is 72.5 cm³/mol. The fourth-order valence-electron chi connectivity index (χ4n) is 2.01. The van der Waals surface area contributed by atoms with Crippen LogP contribution in [0.1, 0.15) is 16.8 Å². The first-order chi connectivity index (χ1) is 8.09. The van der Waals surface area contributed by atoms with E-state index in [9.17, 15) is 9.90 Å². The van der Waals surface area contributed by atoms with Crippen molar-refractivity contribution in [2.45, 2.75) is 12.5 Å². The van der Waals surface area contributed by atoms with Gasteiger partial charge in [-0.3, -0.25) is 0 Å². The lowest BCUT2D eigenvalue weighted by Crippen LogP contribution is -2.32. The molecule has 17 heavy (non-hydrogen) atoms. The molecule has 1 aliphatic heterocycles. The Morgan fingerprint density at radius 1 is 1.59 bits per heavy atom. The maximum Gasteiger partial charge on any atom is 0.337 e. The number of anilines is 1. The molecule has 0 bridgehead atoms. The van der Waals surface area contributed by atoms with Crippen molar-refractivity contribution in [1.82, 2.24) is 0 Å². The van der Waals surface area contributed by atoms with Gasteiger partial charge in [-0.05, 0) is 30.4 Å². The normalized spacial score (nSPS) is 19.3. The van der Waals surface area contributed by atoms with Crippen LogP contribution in [-0.2, 0) is 0 Å². The molecule has 1 atom stereocenters. The summed E-state index contributed by atoms with van der Waals surface area (Å²) in [5, 5.41) is 9.65. The van der Waals surface area contributed by atoms with Crippen molar-refractivity contribution in [3.63, 3.8) is 0 Å². The van der Waals surface area contributed by atoms with Gasteiger partial charge in [0.05, 0.1) is 11.3 Å². The highest BCUT2D eigenvalue weighted by Crippen LogP contribution is 2.29. The fraction of sp³-hybridized carbons (Fsp3) is 0.417. The second-order valence-electron chi connectivity index (χ2n) is 4.09. The number of thioether (sulfide) groups is 1. The summed E-state index contributed by atoms with van der Waals surface area (Å²) in [4.78, 5) is 13.3. The highest BCUT2D eigenvalue weighted by Gasteiger charge is 2.23. The molecule has 0 radical (unpaired) electrons. The fourth-order valence-corrected chi connectivity index (χ4v) is 3.45. The summed E-state index contributed by atoms with van der Waals surface area (Å²) in [7, 11) is 1.95. The Hall–Kier alpha value is -0.870. The van der Waals surface area contributed by atoms with Crippen molar-refractivity contribution in [2.75, 3.05) is 23.5 Å². The molecule has 1 aromatic carbocycles. The lowest BCUT2D eigenvalue weighted by Gasteiger charge is -2.27. The smallest absolute Gasteiger partial charge is 0.337 e. The highest BCUT2D eigenvalue weighted by atomic mass is 35.5. The zero-order valence-electron chi connectivity index (χ0n) is 9.52. The molecule has 3 nitrogen and oxygen atoms in total. The van der Waals surface area contributed by atoms with E-state index in [0.29, 0.717) is 11.1 Å². The molecule has 1 N–H and O–H groups in total. The molecule has 0 spiro atoms. The van der Waals surface area contributed by atoms with E-state index >= 15 is 0 Å². The van der Waals surface area contributed by atoms with Crippen LogP contribution in [0.3, 0.4) is 0 Å². The SMILES string of the molecule is CN(c1ccc(Cl)cc1C(=O)O)C1CCSC1. The number of nitrogens with zero attached hydrogens (tertiary/aromatic N) is 1. The Labute approximate surface area is 110 Å². The van der Waals surface area contributed by atoms with Gasteiger partial charge in [0.1, 0.15) is 0 Å². The molecule has 5 heteroatoms. The van der Waals surface area contributed by atoms with Gasteiger partial charge in [0.2, 0.25) is 0 Å². The second kappa shape index (κ2) is 5.19. The number of halogens is 1. The first kappa shape index (κ1) is 12.6. The molecule has 1 saturated heterocycles. The van der Waals surface area contributed by atoms with E-state index < -0.39 is 5.97 Å². The van der Waals surface area contributed by atoms with E-state index in [0.717, 1.165) is 23.6 Å². The summed E-state index contributed by atoms with van der Waals surface area (Å²) in [5.74, 6) is 1.27. The molecule has 1 fully saturated rings. The summed E-state index contributed by atoms with van der Waals surface area (Å²) < 4.78 is 0. The van der Waals surface area contributed by atoms with Crippen molar-refractivity contribution in [3.05, 3.63) is 28.8 Å². The molecular weight excluding hydrogens is 258 g/mol. The van der Waals surface area contributed by atoms with Crippen LogP contribution in [0.2, 0.25) is 5.02 Å². The maximum atomic E-state index is 11.2. The van der Waals surface area contributed by atoms with E-state index in [-0.39, 0.29) is 5.56 Å². The van der Waals surface area contributed by atoms with Gasteiger partial charge in [-0.1, -0.05) is 11.6 Å². The van der Waals surface area contributed by atoms with Gasteiger partial charge in [0.15, 0.2) is 0 Å². The summed E-state index contributed by atoms with van der Waals surface area (Å²) in [6.45, 7) is 0. The third-order valence-electron chi connectivity index (χ3n) is 3.02. The molecule has 1 aromatic rings. The van der Waals surface area contributed by atoms with Crippen LogP contribution in [0.25, 0.3) is 0 Å². The summed E-state index contributed by atoms with van der Waals surface area (Å²) in [5.41, 5.74) is 1.02. The lowest BCUT2D eigenvalue weighted by molar-refractivity contribution is 0.0697. The number of aromatic carboxylic acids is 1. The van der Waals surface area contributed by atoms with Crippen molar-refractivity contribution >= 4 is 35.0 Å². The van der Waals surface area contributed by atoms with Gasteiger partial charge in [0.25, 0.3) is 0 Å². The van der Waals surface area contributed by atoms with Crippen LogP contribution in [0, 0.1) is 0 Å². The number of benzene rings is 1. The molecule has 0 amide bonds. The monoisotopic (exact) mass is 271 g/mol. The quantitative estimate of drug-likeness (QED) is 0.918. The minimum absolute atomic E-state index is 0.275. The van der Waals surface area contributed by atoms with Gasteiger partial charge < -0.3 is 10.0 Å². The lowest BCUT2D eigenvalue weighted by atomic mass is 10.1. The second-order valence-corrected chi connectivity index (χ2v) is 5.68. The number of hydrogen-bond acceptors (Lipinski definition) is 3. The van der Waals surface area contributed by atoms with Crippen LogP contribution < -0.4 is 4.90 Å². The van der Waals surface area contributed by atoms with Crippen LogP contribution >= 0.6 is 23.4 Å². The zero-order valence-corrected chi connectivity index (χ0v) is 11.1. The molecule has 0 aliphatic carbocycles. The average Bonchev–Trinajstić information content (AvgIpc) is 2.81. The molecule has 0 saturated carbocycles. The van der Waals surface area contributed by atoms with Crippen molar-refractivity contribution in [3.8, 4) is 0 Å². The van der Waals surface area contributed by atoms with E-state index in [2.05, 4.69) is 4.90 Å². The van der Waals surface area contributed by atoms with E-state index in [4.69, 9.17) is 11.6 Å². The van der Waals surface area contributed by atoms with E-state index in [1.165, 1.54) is 6.07 Å². The summed E-state index contributed by atoms with van der Waals surface area (Å²) in [6.07, 6.45) is 1.10. The summed E-state index contributed by atoms with van der Waals surface area (Å²) in [6, 6.07) is 5.45. The zero-order chi connectivity index (χ0) is 12.4. The third-order valence-corrected chi connectivity index (χ3v) is 4.40. The number of rotatable bonds is 3. The van der Waals surface area contributed by atoms with Crippen molar-refractivity contribution in [2.24, 2.45) is 0 Å². The van der Waals surface area contributed by atoms with Gasteiger partial charge in [-0.15, -0.1) is 0 Å². The van der Waals surface area contributed by atoms with E-state index in [1.54, 1.807) is 12.1 Å². The van der Waals surface area contributed by atoms with Crippen molar-refractivity contribution < 1.29 is 9.90 Å². The van der Waals surface area contributed by atoms with Crippen LogP contribution in [0.4, 0.5) is 5.69 Å². The van der Waals surface area contributed by atoms with Crippen LogP contribution in [0.15, 0.2) is 18.2 Å². The Morgan fingerprint density at radius 3 is 2.94 bits per heavy atom. The summed E-state index contributed by atoms with van der Waals surface area (Å²) >= 11 is 7.75. The first-order valence-electron chi connectivity index (χ1n) is 5.43.